The molecular formula is C12H20N4O. The molecule has 5 heteroatoms. The maximum absolute atomic E-state index is 11.9. The third-order valence-corrected chi connectivity index (χ3v) is 2.50. The van der Waals surface area contributed by atoms with Gasteiger partial charge in [0.05, 0.1) is 17.6 Å². The van der Waals surface area contributed by atoms with Crippen LogP contribution in [0.25, 0.3) is 0 Å². The van der Waals surface area contributed by atoms with Crippen LogP contribution in [0.15, 0.2) is 18.5 Å². The highest BCUT2D eigenvalue weighted by Crippen LogP contribution is 2.22. The first kappa shape index (κ1) is 13.4. The standard InChI is InChI=1S/C12H20N4O/c1-9(7-13-2)12(17)15-10-8-14-6-5-11(10)16(3)4/h5-6,8-9,13H,7H2,1-4H3,(H,15,17). The fourth-order valence-corrected chi connectivity index (χ4v) is 1.53. The second-order valence-electron chi connectivity index (χ2n) is 4.24. The van der Waals surface area contributed by atoms with E-state index in [-0.39, 0.29) is 11.8 Å². The van der Waals surface area contributed by atoms with Crippen molar-refractivity contribution < 1.29 is 4.79 Å². The molecule has 1 aromatic rings. The van der Waals surface area contributed by atoms with E-state index in [1.165, 1.54) is 0 Å². The van der Waals surface area contributed by atoms with Gasteiger partial charge in [-0.15, -0.1) is 0 Å². The minimum atomic E-state index is -0.0739. The molecular weight excluding hydrogens is 216 g/mol. The van der Waals surface area contributed by atoms with Crippen LogP contribution in [0, 0.1) is 5.92 Å². The highest BCUT2D eigenvalue weighted by atomic mass is 16.1. The Balaban J connectivity index is 2.77. The molecule has 0 saturated carbocycles. The fraction of sp³-hybridized carbons (Fsp3) is 0.500. The van der Waals surface area contributed by atoms with Crippen LogP contribution >= 0.6 is 0 Å². The summed E-state index contributed by atoms with van der Waals surface area (Å²) in [5.74, 6) is -0.0781. The number of nitrogens with zero attached hydrogens (tertiary/aromatic N) is 2. The van der Waals surface area contributed by atoms with Crippen LogP contribution in [-0.2, 0) is 4.79 Å². The summed E-state index contributed by atoms with van der Waals surface area (Å²) in [5.41, 5.74) is 1.69. The summed E-state index contributed by atoms with van der Waals surface area (Å²) in [6.07, 6.45) is 3.38. The number of hydrogen-bond acceptors (Lipinski definition) is 4. The minimum Gasteiger partial charge on any atom is -0.376 e. The quantitative estimate of drug-likeness (QED) is 0.799. The molecule has 1 atom stereocenters. The lowest BCUT2D eigenvalue weighted by Gasteiger charge is -2.18. The molecule has 0 aliphatic heterocycles. The van der Waals surface area contributed by atoms with Crippen molar-refractivity contribution >= 4 is 17.3 Å². The third-order valence-electron chi connectivity index (χ3n) is 2.50. The Kier molecular flexibility index (Phi) is 4.90. The first-order valence-corrected chi connectivity index (χ1v) is 5.63. The first-order valence-electron chi connectivity index (χ1n) is 5.63. The maximum atomic E-state index is 11.9. The first-order chi connectivity index (χ1) is 8.06. The Hall–Kier alpha value is -1.62. The topological polar surface area (TPSA) is 57.3 Å². The number of pyridine rings is 1. The number of amides is 1. The minimum absolute atomic E-state index is 0.00421. The van der Waals surface area contributed by atoms with E-state index in [0.29, 0.717) is 6.54 Å². The van der Waals surface area contributed by atoms with Crippen molar-refractivity contribution in [2.24, 2.45) is 5.92 Å². The molecule has 1 aromatic heterocycles. The van der Waals surface area contributed by atoms with Crippen molar-refractivity contribution in [2.75, 3.05) is 37.9 Å². The molecule has 94 valence electrons. The Bertz CT molecular complexity index is 379. The molecule has 0 aliphatic rings. The van der Waals surface area contributed by atoms with E-state index in [9.17, 15) is 4.79 Å². The second kappa shape index (κ2) is 6.20. The van der Waals surface area contributed by atoms with Crippen LogP contribution < -0.4 is 15.5 Å². The number of hydrogen-bond donors (Lipinski definition) is 2. The zero-order valence-electron chi connectivity index (χ0n) is 10.8. The van der Waals surface area contributed by atoms with Gasteiger partial charge in [0.25, 0.3) is 0 Å². The summed E-state index contributed by atoms with van der Waals surface area (Å²) < 4.78 is 0. The summed E-state index contributed by atoms with van der Waals surface area (Å²) in [6.45, 7) is 2.54. The fourth-order valence-electron chi connectivity index (χ4n) is 1.53. The molecule has 0 radical (unpaired) electrons. The molecule has 5 nitrogen and oxygen atoms in total. The normalized spacial score (nSPS) is 12.0. The van der Waals surface area contributed by atoms with Gasteiger partial charge in [-0.3, -0.25) is 9.78 Å². The number of carbonyl (C=O) groups is 1. The van der Waals surface area contributed by atoms with E-state index in [1.807, 2.05) is 39.0 Å². The Morgan fingerprint density at radius 1 is 1.53 bits per heavy atom. The third kappa shape index (κ3) is 3.71. The van der Waals surface area contributed by atoms with Gasteiger partial charge in [0.2, 0.25) is 5.91 Å². The lowest BCUT2D eigenvalue weighted by molar-refractivity contribution is -0.119. The van der Waals surface area contributed by atoms with Crippen molar-refractivity contribution in [3.05, 3.63) is 18.5 Å². The summed E-state index contributed by atoms with van der Waals surface area (Å²) >= 11 is 0. The Morgan fingerprint density at radius 2 is 2.24 bits per heavy atom. The van der Waals surface area contributed by atoms with Crippen molar-refractivity contribution in [1.82, 2.24) is 10.3 Å². The monoisotopic (exact) mass is 236 g/mol. The van der Waals surface area contributed by atoms with Gasteiger partial charge in [0, 0.05) is 32.8 Å². The predicted molar refractivity (Wildman–Crippen MR) is 70.3 cm³/mol. The van der Waals surface area contributed by atoms with E-state index in [0.717, 1.165) is 11.4 Å². The van der Waals surface area contributed by atoms with Gasteiger partial charge < -0.3 is 15.5 Å². The SMILES string of the molecule is CNCC(C)C(=O)Nc1cnccc1N(C)C. The lowest BCUT2D eigenvalue weighted by atomic mass is 10.1. The second-order valence-corrected chi connectivity index (χ2v) is 4.24. The van der Waals surface area contributed by atoms with Crippen LogP contribution in [-0.4, -0.2) is 38.6 Å². The zero-order chi connectivity index (χ0) is 12.8. The highest BCUT2D eigenvalue weighted by molar-refractivity contribution is 5.95. The summed E-state index contributed by atoms with van der Waals surface area (Å²) in [4.78, 5) is 17.9. The molecule has 0 fully saturated rings. The molecule has 2 N–H and O–H groups in total. The van der Waals surface area contributed by atoms with Crippen molar-refractivity contribution in [1.29, 1.82) is 0 Å². The highest BCUT2D eigenvalue weighted by Gasteiger charge is 2.14. The number of rotatable bonds is 5. The lowest BCUT2D eigenvalue weighted by Crippen LogP contribution is -2.29. The Morgan fingerprint density at radius 3 is 2.82 bits per heavy atom. The molecule has 0 spiro atoms. The van der Waals surface area contributed by atoms with Crippen LogP contribution in [0.1, 0.15) is 6.92 Å². The molecule has 0 bridgehead atoms. The van der Waals surface area contributed by atoms with E-state index >= 15 is 0 Å². The summed E-state index contributed by atoms with van der Waals surface area (Å²) in [6, 6.07) is 1.87. The van der Waals surface area contributed by atoms with Gasteiger partial charge in [0.1, 0.15) is 0 Å². The van der Waals surface area contributed by atoms with E-state index in [4.69, 9.17) is 0 Å². The van der Waals surface area contributed by atoms with Gasteiger partial charge in [-0.2, -0.15) is 0 Å². The molecule has 17 heavy (non-hydrogen) atoms. The van der Waals surface area contributed by atoms with E-state index in [2.05, 4.69) is 15.6 Å². The summed E-state index contributed by atoms with van der Waals surface area (Å²) in [5, 5.41) is 5.88. The van der Waals surface area contributed by atoms with Crippen LogP contribution in [0.2, 0.25) is 0 Å². The number of carbonyl (C=O) groups excluding carboxylic acids is 1. The van der Waals surface area contributed by atoms with Crippen molar-refractivity contribution in [2.45, 2.75) is 6.92 Å². The van der Waals surface area contributed by atoms with Gasteiger partial charge in [-0.25, -0.2) is 0 Å². The Labute approximate surface area is 102 Å². The van der Waals surface area contributed by atoms with Gasteiger partial charge >= 0.3 is 0 Å². The van der Waals surface area contributed by atoms with Crippen LogP contribution in [0.4, 0.5) is 11.4 Å². The predicted octanol–water partition coefficient (Wildman–Crippen LogP) is 0.942. The molecule has 1 amide bonds. The smallest absolute Gasteiger partial charge is 0.228 e. The number of anilines is 2. The maximum Gasteiger partial charge on any atom is 0.228 e. The summed E-state index contributed by atoms with van der Waals surface area (Å²) in [7, 11) is 5.70. The number of aromatic nitrogens is 1. The van der Waals surface area contributed by atoms with Gasteiger partial charge in [-0.05, 0) is 13.1 Å². The molecule has 1 heterocycles. The molecule has 1 unspecified atom stereocenters. The van der Waals surface area contributed by atoms with Crippen molar-refractivity contribution in [3.8, 4) is 0 Å². The molecule has 0 saturated heterocycles. The van der Waals surface area contributed by atoms with Gasteiger partial charge in [0.15, 0.2) is 0 Å². The molecule has 0 aliphatic carbocycles. The largest absolute Gasteiger partial charge is 0.376 e. The van der Waals surface area contributed by atoms with Crippen LogP contribution in [0.5, 0.6) is 0 Å². The average molecular weight is 236 g/mol. The molecule has 1 rings (SSSR count). The molecule has 0 aromatic carbocycles. The number of nitrogens with one attached hydrogen (secondary N) is 2. The zero-order valence-corrected chi connectivity index (χ0v) is 10.8. The van der Waals surface area contributed by atoms with E-state index in [1.54, 1.807) is 12.4 Å². The van der Waals surface area contributed by atoms with E-state index < -0.39 is 0 Å². The van der Waals surface area contributed by atoms with Gasteiger partial charge in [-0.1, -0.05) is 6.92 Å². The van der Waals surface area contributed by atoms with Crippen molar-refractivity contribution in [3.63, 3.8) is 0 Å². The average Bonchev–Trinajstić information content (AvgIpc) is 2.29. The van der Waals surface area contributed by atoms with Crippen LogP contribution in [0.3, 0.4) is 0 Å².